The van der Waals surface area contributed by atoms with Crippen molar-refractivity contribution in [3.05, 3.63) is 23.3 Å². The molecule has 41 heavy (non-hydrogen) atoms. The molecule has 5 rings (SSSR count). The minimum atomic E-state index is -0.656. The van der Waals surface area contributed by atoms with Crippen molar-refractivity contribution >= 4 is 17.5 Å². The molecule has 6 heteroatoms. The number of esters is 1. The van der Waals surface area contributed by atoms with Crippen molar-refractivity contribution in [3.8, 4) is 6.07 Å². The molecule has 0 bridgehead atoms. The molecule has 0 aromatic rings. The number of carbonyl (C=O) groups is 3. The minimum Gasteiger partial charge on any atom is -0.465 e. The number of hydrogen-bond acceptors (Lipinski definition) is 6. The van der Waals surface area contributed by atoms with Gasteiger partial charge in [0.05, 0.1) is 18.7 Å². The van der Waals surface area contributed by atoms with Gasteiger partial charge in [-0.3, -0.25) is 14.4 Å². The molecule has 9 atom stereocenters. The number of hydrogen-bond donors (Lipinski definition) is 1. The van der Waals surface area contributed by atoms with Crippen LogP contribution in [0.5, 0.6) is 0 Å². The van der Waals surface area contributed by atoms with E-state index < -0.39 is 10.8 Å². The molecule has 0 amide bonds. The Kier molecular flexibility index (Phi) is 7.29. The average molecular weight is 563 g/mol. The van der Waals surface area contributed by atoms with Gasteiger partial charge < -0.3 is 10.1 Å². The molecule has 0 radical (unpaired) electrons. The smallest absolute Gasteiger partial charge is 0.319 e. The zero-order chi connectivity index (χ0) is 30.2. The van der Waals surface area contributed by atoms with Crippen molar-refractivity contribution in [2.75, 3.05) is 19.7 Å². The molecule has 5 aliphatic carbocycles. The Morgan fingerprint density at radius 1 is 1.07 bits per heavy atom. The van der Waals surface area contributed by atoms with Gasteiger partial charge in [-0.05, 0) is 91.4 Å². The normalized spacial score (nSPS) is 44.7. The third-order valence-electron chi connectivity index (χ3n) is 13.5. The highest BCUT2D eigenvalue weighted by Gasteiger charge is 2.70. The summed E-state index contributed by atoms with van der Waals surface area (Å²) in [4.78, 5) is 40.1. The van der Waals surface area contributed by atoms with Gasteiger partial charge in [0.25, 0.3) is 0 Å². The summed E-state index contributed by atoms with van der Waals surface area (Å²) in [5, 5.41) is 13.4. The first-order valence-electron chi connectivity index (χ1n) is 15.9. The van der Waals surface area contributed by atoms with E-state index in [4.69, 9.17) is 4.74 Å². The van der Waals surface area contributed by atoms with E-state index in [1.54, 1.807) is 0 Å². The van der Waals surface area contributed by atoms with Crippen LogP contribution in [0, 0.1) is 68.0 Å². The monoisotopic (exact) mass is 562 g/mol. The number of carbonyl (C=O) groups excluding carboxylic acids is 3. The molecular formula is C35H50N2O4. The first kappa shape index (κ1) is 30.2. The Morgan fingerprint density at radius 2 is 1.78 bits per heavy atom. The molecule has 0 aromatic heterocycles. The van der Waals surface area contributed by atoms with E-state index in [1.165, 1.54) is 0 Å². The third kappa shape index (κ3) is 4.08. The number of nitriles is 1. The van der Waals surface area contributed by atoms with Crippen LogP contribution in [-0.2, 0) is 19.1 Å². The van der Waals surface area contributed by atoms with E-state index in [0.29, 0.717) is 18.4 Å². The second-order valence-electron chi connectivity index (χ2n) is 15.5. The van der Waals surface area contributed by atoms with Gasteiger partial charge in [-0.2, -0.15) is 5.26 Å². The van der Waals surface area contributed by atoms with Crippen LogP contribution in [0.1, 0.15) is 93.9 Å². The highest BCUT2D eigenvalue weighted by atomic mass is 16.5. The topological polar surface area (TPSA) is 96.3 Å². The first-order chi connectivity index (χ1) is 19.1. The molecule has 0 aromatic carbocycles. The number of ether oxygens (including phenoxy) is 1. The summed E-state index contributed by atoms with van der Waals surface area (Å²) in [6.45, 7) is 18.7. The standard InChI is InChI=1S/C35H50N2O4/c1-9-41-27(39)19-37-20-35-13-10-21(2)22(3)28(35)29-24(38)16-26-32(6)17-23(18-36)30(40)31(4,5)25(32)11-12-33(26,7)34(29,8)14-15-35/h16-17,21-22,25,28-29,37H,9-15,19-20H2,1-8H3/t21-,22+,25+,28+,29-,32+,33-,34-,35-/m1/s1. The predicted molar refractivity (Wildman–Crippen MR) is 158 cm³/mol. The van der Waals surface area contributed by atoms with E-state index in [2.05, 4.69) is 46.0 Å². The Labute approximate surface area is 246 Å². The zero-order valence-electron chi connectivity index (χ0n) is 26.5. The summed E-state index contributed by atoms with van der Waals surface area (Å²) < 4.78 is 5.18. The maximum atomic E-state index is 14.6. The highest BCUT2D eigenvalue weighted by molar-refractivity contribution is 6.04. The summed E-state index contributed by atoms with van der Waals surface area (Å²) in [5.41, 5.74) is -0.262. The summed E-state index contributed by atoms with van der Waals surface area (Å²) in [5.74, 6) is 1.04. The van der Waals surface area contributed by atoms with Gasteiger partial charge in [-0.25, -0.2) is 0 Å². The number of nitrogens with one attached hydrogen (secondary N) is 1. The van der Waals surface area contributed by atoms with E-state index in [0.717, 1.165) is 50.6 Å². The Balaban J connectivity index is 1.59. The number of rotatable bonds is 5. The maximum absolute atomic E-state index is 14.6. The molecule has 224 valence electrons. The minimum absolute atomic E-state index is 0.0335. The lowest BCUT2D eigenvalue weighted by Crippen LogP contribution is -2.66. The van der Waals surface area contributed by atoms with Crippen molar-refractivity contribution in [2.45, 2.75) is 93.9 Å². The van der Waals surface area contributed by atoms with Crippen molar-refractivity contribution in [3.63, 3.8) is 0 Å². The van der Waals surface area contributed by atoms with Crippen LogP contribution in [0.15, 0.2) is 23.3 Å². The van der Waals surface area contributed by atoms with Crippen LogP contribution >= 0.6 is 0 Å². The number of nitrogens with zero attached hydrogens (tertiary/aromatic N) is 1. The van der Waals surface area contributed by atoms with Gasteiger partial charge >= 0.3 is 5.97 Å². The third-order valence-corrected chi connectivity index (χ3v) is 13.5. The number of ketones is 2. The van der Waals surface area contributed by atoms with Crippen molar-refractivity contribution in [1.82, 2.24) is 5.32 Å². The largest absolute Gasteiger partial charge is 0.465 e. The molecule has 0 spiro atoms. The molecule has 0 heterocycles. The van der Waals surface area contributed by atoms with Crippen molar-refractivity contribution in [1.29, 1.82) is 5.26 Å². The number of Topliss-reactive ketones (excluding diaryl/α,β-unsaturated/α-hetero) is 1. The van der Waals surface area contributed by atoms with Crippen LogP contribution < -0.4 is 5.32 Å². The Morgan fingerprint density at radius 3 is 2.44 bits per heavy atom. The molecule has 6 nitrogen and oxygen atoms in total. The molecule has 3 saturated carbocycles. The van der Waals surface area contributed by atoms with Crippen LogP contribution in [-0.4, -0.2) is 37.2 Å². The predicted octanol–water partition coefficient (Wildman–Crippen LogP) is 6.21. The fourth-order valence-electron chi connectivity index (χ4n) is 10.9. The second kappa shape index (κ2) is 9.90. The maximum Gasteiger partial charge on any atom is 0.319 e. The van der Waals surface area contributed by atoms with Crippen LogP contribution in [0.2, 0.25) is 0 Å². The lowest BCUT2D eigenvalue weighted by molar-refractivity contribution is -0.176. The van der Waals surface area contributed by atoms with Crippen molar-refractivity contribution in [2.24, 2.45) is 56.7 Å². The van der Waals surface area contributed by atoms with Crippen LogP contribution in [0.3, 0.4) is 0 Å². The number of fused-ring (bicyclic) bond motifs is 7. The first-order valence-corrected chi connectivity index (χ1v) is 15.9. The summed E-state index contributed by atoms with van der Waals surface area (Å²) in [6, 6.07) is 2.20. The quantitative estimate of drug-likeness (QED) is 0.400. The summed E-state index contributed by atoms with van der Waals surface area (Å²) in [7, 11) is 0. The molecule has 5 aliphatic rings. The lowest BCUT2D eigenvalue weighted by atomic mass is 9.34. The van der Waals surface area contributed by atoms with Crippen molar-refractivity contribution < 1.29 is 19.1 Å². The summed E-state index contributed by atoms with van der Waals surface area (Å²) in [6.07, 6.45) is 9.92. The highest BCUT2D eigenvalue weighted by Crippen LogP contribution is 2.74. The van der Waals surface area contributed by atoms with Gasteiger partial charge in [0, 0.05) is 23.3 Å². The van der Waals surface area contributed by atoms with Gasteiger partial charge in [-0.1, -0.05) is 60.1 Å². The zero-order valence-corrected chi connectivity index (χ0v) is 26.5. The number of allylic oxidation sites excluding steroid dienone is 4. The fraction of sp³-hybridized carbons (Fsp3) is 0.771. The van der Waals surface area contributed by atoms with Gasteiger partial charge in [0.2, 0.25) is 0 Å². The average Bonchev–Trinajstić information content (AvgIpc) is 2.91. The van der Waals surface area contributed by atoms with E-state index in [9.17, 15) is 19.6 Å². The molecule has 1 N–H and O–H groups in total. The second-order valence-corrected chi connectivity index (χ2v) is 15.5. The van der Waals surface area contributed by atoms with Crippen LogP contribution in [0.25, 0.3) is 0 Å². The Bertz CT molecular complexity index is 1260. The van der Waals surface area contributed by atoms with Crippen LogP contribution in [0.4, 0.5) is 0 Å². The van der Waals surface area contributed by atoms with Gasteiger partial charge in [0.1, 0.15) is 6.07 Å². The molecular weight excluding hydrogens is 512 g/mol. The fourth-order valence-corrected chi connectivity index (χ4v) is 10.9. The van der Waals surface area contributed by atoms with E-state index >= 15 is 0 Å². The Hall–Kier alpha value is -2.26. The SMILES string of the molecule is CCOC(=O)CNC[C@]12CC[C@@H](C)[C@H](C)[C@H]1[C@H]1C(=O)C=C3[C@@]4(C)C=C(C#N)C(=O)C(C)(C)[C@@H]4CC[C@@]3(C)[C@]1(C)CC2. The molecule has 0 aliphatic heterocycles. The summed E-state index contributed by atoms with van der Waals surface area (Å²) >= 11 is 0. The molecule has 0 saturated heterocycles. The molecule has 0 unspecified atom stereocenters. The molecule has 3 fully saturated rings. The van der Waals surface area contributed by atoms with Gasteiger partial charge in [-0.15, -0.1) is 0 Å². The lowest BCUT2D eigenvalue weighted by Gasteiger charge is -2.69. The van der Waals surface area contributed by atoms with E-state index in [-0.39, 0.29) is 63.7 Å². The van der Waals surface area contributed by atoms with Gasteiger partial charge in [0.15, 0.2) is 11.6 Å². The van der Waals surface area contributed by atoms with E-state index in [1.807, 2.05) is 32.9 Å².